The van der Waals surface area contributed by atoms with Gasteiger partial charge in [0.05, 0.1) is 4.75 Å². The van der Waals surface area contributed by atoms with Crippen LogP contribution in [-0.2, 0) is 14.6 Å². The zero-order valence-electron chi connectivity index (χ0n) is 13.0. The van der Waals surface area contributed by atoms with Gasteiger partial charge < -0.3 is 10.1 Å². The molecule has 0 aromatic heterocycles. The average Bonchev–Trinajstić information content (AvgIpc) is 2.35. The summed E-state index contributed by atoms with van der Waals surface area (Å²) in [6.45, 7) is 6.30. The van der Waals surface area contributed by atoms with E-state index in [1.807, 2.05) is 0 Å². The van der Waals surface area contributed by atoms with Crippen LogP contribution >= 0.6 is 0 Å². The topological polar surface area (TPSA) is 55.4 Å². The lowest BCUT2D eigenvalue weighted by atomic mass is 9.80. The fourth-order valence-corrected chi connectivity index (χ4v) is 5.12. The molecule has 2 rings (SSSR count). The number of hydrogen-bond donors (Lipinski definition) is 1. The molecule has 1 saturated heterocycles. The van der Waals surface area contributed by atoms with Crippen LogP contribution in [0.2, 0.25) is 0 Å². The van der Waals surface area contributed by atoms with Gasteiger partial charge in [-0.05, 0) is 43.9 Å². The second-order valence-electron chi connectivity index (χ2n) is 7.06. The highest BCUT2D eigenvalue weighted by Crippen LogP contribution is 2.31. The van der Waals surface area contributed by atoms with Crippen LogP contribution in [0.15, 0.2) is 0 Å². The Labute approximate surface area is 123 Å². The molecule has 0 aromatic rings. The zero-order valence-corrected chi connectivity index (χ0v) is 13.8. The maximum absolute atomic E-state index is 12.2. The summed E-state index contributed by atoms with van der Waals surface area (Å²) in [4.78, 5) is 0. The first-order chi connectivity index (χ1) is 9.32. The monoisotopic (exact) mass is 303 g/mol. The Balaban J connectivity index is 1.99. The van der Waals surface area contributed by atoms with Crippen molar-refractivity contribution in [1.29, 1.82) is 0 Å². The molecule has 5 heteroatoms. The number of ether oxygens (including phenoxy) is 1. The van der Waals surface area contributed by atoms with E-state index in [2.05, 4.69) is 19.2 Å². The van der Waals surface area contributed by atoms with Gasteiger partial charge in [-0.25, -0.2) is 8.42 Å². The fourth-order valence-electron chi connectivity index (χ4n) is 3.87. The van der Waals surface area contributed by atoms with Gasteiger partial charge >= 0.3 is 0 Å². The highest BCUT2D eigenvalue weighted by molar-refractivity contribution is 7.92. The summed E-state index contributed by atoms with van der Waals surface area (Å²) in [5, 5.41) is 3.56. The molecule has 0 bridgehead atoms. The normalized spacial score (nSPS) is 34.9. The van der Waals surface area contributed by atoms with E-state index in [-0.39, 0.29) is 0 Å². The van der Waals surface area contributed by atoms with Crippen LogP contribution < -0.4 is 5.32 Å². The molecule has 4 nitrogen and oxygen atoms in total. The number of sulfone groups is 1. The number of nitrogens with one attached hydrogen (secondary N) is 1. The van der Waals surface area contributed by atoms with Crippen LogP contribution in [-0.4, -0.2) is 45.2 Å². The largest absolute Gasteiger partial charge is 0.381 e. The van der Waals surface area contributed by atoms with Crippen LogP contribution in [0.1, 0.15) is 46.0 Å². The van der Waals surface area contributed by atoms with E-state index in [0.29, 0.717) is 38.6 Å². The smallest absolute Gasteiger partial charge is 0.154 e. The van der Waals surface area contributed by atoms with Gasteiger partial charge in [-0.3, -0.25) is 0 Å². The standard InChI is InChI=1S/C15H29NO3S/c1-12-8-13(2)10-14(9-12)16-11-15(20(3,17)18)4-6-19-7-5-15/h12-14,16H,4-11H2,1-3H3/t12-,13+,14?. The second-order valence-corrected chi connectivity index (χ2v) is 9.47. The quantitative estimate of drug-likeness (QED) is 0.863. The van der Waals surface area contributed by atoms with E-state index in [0.717, 1.165) is 11.8 Å². The highest BCUT2D eigenvalue weighted by atomic mass is 32.2. The van der Waals surface area contributed by atoms with Crippen molar-refractivity contribution in [1.82, 2.24) is 5.32 Å². The summed E-state index contributed by atoms with van der Waals surface area (Å²) < 4.78 is 29.2. The van der Waals surface area contributed by atoms with Crippen molar-refractivity contribution in [2.45, 2.75) is 56.7 Å². The van der Waals surface area contributed by atoms with Crippen molar-refractivity contribution in [3.05, 3.63) is 0 Å². The molecule has 1 N–H and O–H groups in total. The lowest BCUT2D eigenvalue weighted by Gasteiger charge is -2.39. The van der Waals surface area contributed by atoms with E-state index in [1.54, 1.807) is 0 Å². The first-order valence-electron chi connectivity index (χ1n) is 7.83. The molecule has 0 spiro atoms. The maximum Gasteiger partial charge on any atom is 0.154 e. The third-order valence-electron chi connectivity index (χ3n) is 5.08. The predicted octanol–water partition coefficient (Wildman–Crippen LogP) is 1.99. The Kier molecular flexibility index (Phi) is 5.14. The Hall–Kier alpha value is -0.130. The van der Waals surface area contributed by atoms with Crippen LogP contribution in [0, 0.1) is 11.8 Å². The van der Waals surface area contributed by atoms with Gasteiger partial charge in [0.25, 0.3) is 0 Å². The van der Waals surface area contributed by atoms with Crippen molar-refractivity contribution in [3.8, 4) is 0 Å². The first-order valence-corrected chi connectivity index (χ1v) is 9.72. The van der Waals surface area contributed by atoms with Crippen LogP contribution in [0.5, 0.6) is 0 Å². The van der Waals surface area contributed by atoms with E-state index in [1.165, 1.54) is 25.5 Å². The third kappa shape index (κ3) is 3.74. The third-order valence-corrected chi connectivity index (χ3v) is 7.21. The molecule has 1 heterocycles. The summed E-state index contributed by atoms with van der Waals surface area (Å²) >= 11 is 0. The molecule has 1 unspecified atom stereocenters. The van der Waals surface area contributed by atoms with Gasteiger partial charge in [0.2, 0.25) is 0 Å². The minimum Gasteiger partial charge on any atom is -0.381 e. The molecule has 1 aliphatic heterocycles. The van der Waals surface area contributed by atoms with Gasteiger partial charge in [-0.2, -0.15) is 0 Å². The molecule has 0 aromatic carbocycles. The molecule has 20 heavy (non-hydrogen) atoms. The van der Waals surface area contributed by atoms with E-state index in [4.69, 9.17) is 4.74 Å². The first kappa shape index (κ1) is 16.2. The number of rotatable bonds is 4. The highest BCUT2D eigenvalue weighted by Gasteiger charge is 2.42. The molecule has 118 valence electrons. The maximum atomic E-state index is 12.2. The second kappa shape index (κ2) is 6.32. The number of hydrogen-bond acceptors (Lipinski definition) is 4. The Morgan fingerprint density at radius 1 is 1.10 bits per heavy atom. The van der Waals surface area contributed by atoms with Crippen molar-refractivity contribution < 1.29 is 13.2 Å². The minimum atomic E-state index is -3.06. The van der Waals surface area contributed by atoms with Gasteiger partial charge in [-0.1, -0.05) is 13.8 Å². The van der Waals surface area contributed by atoms with Crippen molar-refractivity contribution in [2.24, 2.45) is 11.8 Å². The molecule has 0 radical (unpaired) electrons. The molecule has 1 saturated carbocycles. The molecule has 2 fully saturated rings. The van der Waals surface area contributed by atoms with E-state index in [9.17, 15) is 8.42 Å². The lowest BCUT2D eigenvalue weighted by Crippen LogP contribution is -2.53. The van der Waals surface area contributed by atoms with Gasteiger partial charge in [0.1, 0.15) is 0 Å². The summed E-state index contributed by atoms with van der Waals surface area (Å²) in [5.74, 6) is 1.47. The van der Waals surface area contributed by atoms with E-state index < -0.39 is 14.6 Å². The van der Waals surface area contributed by atoms with Crippen molar-refractivity contribution in [3.63, 3.8) is 0 Å². The summed E-state index contributed by atoms with van der Waals surface area (Å²) in [7, 11) is -3.06. The van der Waals surface area contributed by atoms with Crippen LogP contribution in [0.4, 0.5) is 0 Å². The Bertz CT molecular complexity index is 405. The average molecular weight is 303 g/mol. The lowest BCUT2D eigenvalue weighted by molar-refractivity contribution is 0.0726. The van der Waals surface area contributed by atoms with Gasteiger partial charge in [0.15, 0.2) is 9.84 Å². The van der Waals surface area contributed by atoms with Gasteiger partial charge in [0, 0.05) is 32.1 Å². The zero-order chi connectivity index (χ0) is 14.8. The fraction of sp³-hybridized carbons (Fsp3) is 1.00. The van der Waals surface area contributed by atoms with Crippen LogP contribution in [0.25, 0.3) is 0 Å². The SMILES string of the molecule is C[C@@H]1CC(NCC2(S(C)(=O)=O)CCOCC2)C[C@H](C)C1. The molecular formula is C15H29NO3S. The summed E-state index contributed by atoms with van der Waals surface area (Å²) in [5.41, 5.74) is 0. The summed E-state index contributed by atoms with van der Waals surface area (Å²) in [6.07, 6.45) is 6.25. The molecule has 2 aliphatic rings. The Morgan fingerprint density at radius 2 is 1.65 bits per heavy atom. The minimum absolute atomic E-state index is 0.468. The molecule has 3 atom stereocenters. The van der Waals surface area contributed by atoms with Crippen LogP contribution in [0.3, 0.4) is 0 Å². The summed E-state index contributed by atoms with van der Waals surface area (Å²) in [6, 6.07) is 0.468. The van der Waals surface area contributed by atoms with Crippen molar-refractivity contribution >= 4 is 9.84 Å². The van der Waals surface area contributed by atoms with Gasteiger partial charge in [-0.15, -0.1) is 0 Å². The predicted molar refractivity (Wildman–Crippen MR) is 81.6 cm³/mol. The van der Waals surface area contributed by atoms with Crippen molar-refractivity contribution in [2.75, 3.05) is 26.0 Å². The van der Waals surface area contributed by atoms with E-state index >= 15 is 0 Å². The molecule has 0 amide bonds. The Morgan fingerprint density at radius 3 is 2.15 bits per heavy atom. The molecule has 1 aliphatic carbocycles. The molecular weight excluding hydrogens is 274 g/mol.